The zero-order valence-electron chi connectivity index (χ0n) is 13.5. The predicted molar refractivity (Wildman–Crippen MR) is 85.4 cm³/mol. The van der Waals surface area contributed by atoms with Crippen LogP contribution in [0.25, 0.3) is 0 Å². The molecule has 4 heteroatoms. The Morgan fingerprint density at radius 1 is 1.24 bits per heavy atom. The topological polar surface area (TPSA) is 32.8 Å². The molecule has 1 unspecified atom stereocenters. The highest BCUT2D eigenvalue weighted by Gasteiger charge is 2.25. The summed E-state index contributed by atoms with van der Waals surface area (Å²) in [5.41, 5.74) is 2.29. The Labute approximate surface area is 127 Å². The molecule has 0 N–H and O–H groups in total. The summed E-state index contributed by atoms with van der Waals surface area (Å²) < 4.78 is 5.64. The van der Waals surface area contributed by atoms with Crippen molar-refractivity contribution >= 4 is 11.6 Å². The van der Waals surface area contributed by atoms with E-state index in [-0.39, 0.29) is 12.0 Å². The first-order valence-electron chi connectivity index (χ1n) is 7.60. The molecule has 0 aromatic heterocycles. The van der Waals surface area contributed by atoms with Gasteiger partial charge in [-0.1, -0.05) is 12.1 Å². The summed E-state index contributed by atoms with van der Waals surface area (Å²) in [5.74, 6) is 0.733. The maximum absolute atomic E-state index is 12.2. The molecular weight excluding hydrogens is 264 g/mol. The molecule has 1 saturated carbocycles. The number of amides is 1. The number of benzene rings is 1. The number of carbonyl (C=O) groups excluding carboxylic acids is 1. The molecule has 4 nitrogen and oxygen atoms in total. The third kappa shape index (κ3) is 4.74. The van der Waals surface area contributed by atoms with Crippen LogP contribution in [0.2, 0.25) is 0 Å². The van der Waals surface area contributed by atoms with Gasteiger partial charge in [0.05, 0.1) is 6.61 Å². The van der Waals surface area contributed by atoms with E-state index in [1.807, 2.05) is 28.1 Å². The van der Waals surface area contributed by atoms with Gasteiger partial charge in [-0.05, 0) is 43.4 Å². The summed E-state index contributed by atoms with van der Waals surface area (Å²) in [4.78, 5) is 16.0. The molecule has 0 aliphatic heterocycles. The summed E-state index contributed by atoms with van der Waals surface area (Å²) in [6.07, 6.45) is 2.14. The zero-order chi connectivity index (χ0) is 15.4. The first kappa shape index (κ1) is 15.8. The molecule has 116 valence electrons. The smallest absolute Gasteiger partial charge is 0.251 e. The van der Waals surface area contributed by atoms with Crippen LogP contribution in [-0.2, 0) is 16.1 Å². The van der Waals surface area contributed by atoms with Gasteiger partial charge in [0.1, 0.15) is 6.10 Å². The third-order valence-electron chi connectivity index (χ3n) is 3.88. The van der Waals surface area contributed by atoms with Crippen LogP contribution in [0.4, 0.5) is 5.69 Å². The van der Waals surface area contributed by atoms with Gasteiger partial charge in [0.25, 0.3) is 5.91 Å². The van der Waals surface area contributed by atoms with Gasteiger partial charge >= 0.3 is 0 Å². The highest BCUT2D eigenvalue weighted by Crippen LogP contribution is 2.29. The third-order valence-corrected chi connectivity index (χ3v) is 3.88. The lowest BCUT2D eigenvalue weighted by atomic mass is 10.2. The van der Waals surface area contributed by atoms with Crippen LogP contribution in [0.5, 0.6) is 0 Å². The first-order chi connectivity index (χ1) is 9.97. The van der Waals surface area contributed by atoms with Crippen LogP contribution in [0.15, 0.2) is 24.3 Å². The lowest BCUT2D eigenvalue weighted by Crippen LogP contribution is -2.36. The van der Waals surface area contributed by atoms with Gasteiger partial charge in [-0.2, -0.15) is 0 Å². The predicted octanol–water partition coefficient (Wildman–Crippen LogP) is 2.53. The summed E-state index contributed by atoms with van der Waals surface area (Å²) in [5, 5.41) is 0. The van der Waals surface area contributed by atoms with E-state index in [1.165, 1.54) is 12.8 Å². The number of likely N-dealkylation sites (N-methyl/N-ethyl adjacent to an activating group) is 1. The minimum atomic E-state index is -0.350. The number of hydrogen-bond donors (Lipinski definition) is 0. The summed E-state index contributed by atoms with van der Waals surface area (Å²) in [6, 6.07) is 8.27. The number of anilines is 1. The van der Waals surface area contributed by atoms with Crippen molar-refractivity contribution in [3.8, 4) is 0 Å². The van der Waals surface area contributed by atoms with Crippen molar-refractivity contribution in [3.63, 3.8) is 0 Å². The minimum absolute atomic E-state index is 0.0485. The fraction of sp³-hybridized carbons (Fsp3) is 0.588. The van der Waals surface area contributed by atoms with E-state index < -0.39 is 0 Å². The maximum Gasteiger partial charge on any atom is 0.251 e. The number of carbonyl (C=O) groups is 1. The van der Waals surface area contributed by atoms with Gasteiger partial charge in [-0.25, -0.2) is 0 Å². The van der Waals surface area contributed by atoms with Crippen LogP contribution < -0.4 is 4.90 Å². The second kappa shape index (κ2) is 6.94. The molecule has 0 spiro atoms. The average Bonchev–Trinajstić information content (AvgIpc) is 3.28. The van der Waals surface area contributed by atoms with Crippen molar-refractivity contribution in [3.05, 3.63) is 29.8 Å². The largest absolute Gasteiger partial charge is 0.378 e. The van der Waals surface area contributed by atoms with Crippen LogP contribution >= 0.6 is 0 Å². The number of ether oxygens (including phenoxy) is 1. The molecule has 1 amide bonds. The molecule has 0 heterocycles. The fourth-order valence-electron chi connectivity index (χ4n) is 2.20. The molecule has 1 aliphatic rings. The summed E-state index contributed by atoms with van der Waals surface area (Å²) in [7, 11) is 5.87. The minimum Gasteiger partial charge on any atom is -0.378 e. The molecule has 0 saturated heterocycles. The molecule has 21 heavy (non-hydrogen) atoms. The first-order valence-corrected chi connectivity index (χ1v) is 7.60. The van der Waals surface area contributed by atoms with E-state index in [0.29, 0.717) is 12.5 Å². The highest BCUT2D eigenvalue weighted by atomic mass is 16.5. The monoisotopic (exact) mass is 290 g/mol. The van der Waals surface area contributed by atoms with Crippen molar-refractivity contribution in [2.75, 3.05) is 32.6 Å². The van der Waals surface area contributed by atoms with Gasteiger partial charge in [0.2, 0.25) is 0 Å². The Hall–Kier alpha value is -1.55. The van der Waals surface area contributed by atoms with Crippen LogP contribution in [-0.4, -0.2) is 44.7 Å². The Balaban J connectivity index is 1.83. The quantitative estimate of drug-likeness (QED) is 0.773. The van der Waals surface area contributed by atoms with Gasteiger partial charge in [0.15, 0.2) is 0 Å². The number of nitrogens with zero attached hydrogens (tertiary/aromatic N) is 2. The van der Waals surface area contributed by atoms with Crippen molar-refractivity contribution in [1.82, 2.24) is 4.90 Å². The summed E-state index contributed by atoms with van der Waals surface area (Å²) >= 11 is 0. The molecular formula is C17H26N2O2. The van der Waals surface area contributed by atoms with E-state index in [4.69, 9.17) is 4.74 Å². The Bertz CT molecular complexity index is 466. The Morgan fingerprint density at radius 3 is 2.38 bits per heavy atom. The van der Waals surface area contributed by atoms with Gasteiger partial charge < -0.3 is 14.5 Å². The molecule has 1 aliphatic carbocycles. The van der Waals surface area contributed by atoms with E-state index in [9.17, 15) is 4.79 Å². The molecule has 1 aromatic rings. The lowest BCUT2D eigenvalue weighted by Gasteiger charge is -2.22. The van der Waals surface area contributed by atoms with E-state index in [2.05, 4.69) is 29.2 Å². The second-order valence-electron chi connectivity index (χ2n) is 6.17. The highest BCUT2D eigenvalue weighted by molar-refractivity contribution is 5.80. The molecule has 2 rings (SSSR count). The van der Waals surface area contributed by atoms with E-state index in [1.54, 1.807) is 4.90 Å². The van der Waals surface area contributed by atoms with Crippen molar-refractivity contribution in [1.29, 1.82) is 0 Å². The molecule has 1 atom stereocenters. The van der Waals surface area contributed by atoms with Crippen LogP contribution in [0, 0.1) is 5.92 Å². The standard InChI is InChI=1S/C17H26N2O2/c1-13(21-12-15-5-6-15)17(20)19(4)11-14-7-9-16(10-8-14)18(2)3/h7-10,13,15H,5-6,11-12H2,1-4H3. The molecule has 1 fully saturated rings. The zero-order valence-corrected chi connectivity index (χ0v) is 13.5. The van der Waals surface area contributed by atoms with Crippen molar-refractivity contribution in [2.45, 2.75) is 32.4 Å². The normalized spacial score (nSPS) is 15.6. The summed E-state index contributed by atoms with van der Waals surface area (Å²) in [6.45, 7) is 3.18. The van der Waals surface area contributed by atoms with Gasteiger partial charge in [-0.3, -0.25) is 4.79 Å². The molecule has 0 bridgehead atoms. The van der Waals surface area contributed by atoms with E-state index in [0.717, 1.165) is 17.9 Å². The van der Waals surface area contributed by atoms with E-state index >= 15 is 0 Å². The number of rotatable bonds is 7. The van der Waals surface area contributed by atoms with Crippen LogP contribution in [0.1, 0.15) is 25.3 Å². The average molecular weight is 290 g/mol. The van der Waals surface area contributed by atoms with Crippen LogP contribution in [0.3, 0.4) is 0 Å². The number of hydrogen-bond acceptors (Lipinski definition) is 3. The van der Waals surface area contributed by atoms with Gasteiger partial charge in [-0.15, -0.1) is 0 Å². The maximum atomic E-state index is 12.2. The second-order valence-corrected chi connectivity index (χ2v) is 6.17. The Morgan fingerprint density at radius 2 is 1.86 bits per heavy atom. The fourth-order valence-corrected chi connectivity index (χ4v) is 2.20. The molecule has 0 radical (unpaired) electrons. The van der Waals surface area contributed by atoms with Gasteiger partial charge in [0, 0.05) is 33.4 Å². The van der Waals surface area contributed by atoms with Crippen molar-refractivity contribution < 1.29 is 9.53 Å². The SMILES string of the molecule is CC(OCC1CC1)C(=O)N(C)Cc1ccc(N(C)C)cc1. The lowest BCUT2D eigenvalue weighted by molar-refractivity contribution is -0.142. The molecule has 1 aromatic carbocycles. The van der Waals surface area contributed by atoms with Crippen molar-refractivity contribution in [2.24, 2.45) is 5.92 Å². The Kier molecular flexibility index (Phi) is 5.23.